The van der Waals surface area contributed by atoms with Gasteiger partial charge in [-0.25, -0.2) is 4.98 Å². The summed E-state index contributed by atoms with van der Waals surface area (Å²) in [5.74, 6) is -0.0785. The van der Waals surface area contributed by atoms with E-state index in [1.54, 1.807) is 0 Å². The van der Waals surface area contributed by atoms with Gasteiger partial charge in [0.1, 0.15) is 18.3 Å². The van der Waals surface area contributed by atoms with E-state index in [-0.39, 0.29) is 23.7 Å². The number of hydrogen-bond donors (Lipinski definition) is 4. The molecule has 3 heterocycles. The number of H-pyrrole nitrogens is 1. The fraction of sp³-hybridized carbons (Fsp3) is 0.389. The van der Waals surface area contributed by atoms with Crippen LogP contribution in [0.15, 0.2) is 35.4 Å². The first-order valence-corrected chi connectivity index (χ1v) is 8.81. The number of nitrogens with one attached hydrogen (secondary N) is 1. The third-order valence-electron chi connectivity index (χ3n) is 4.73. The summed E-state index contributed by atoms with van der Waals surface area (Å²) in [7, 11) is 0. The van der Waals surface area contributed by atoms with Crippen LogP contribution in [-0.2, 0) is 16.1 Å². The van der Waals surface area contributed by atoms with Gasteiger partial charge in [-0.2, -0.15) is 4.98 Å². The molecular formula is C18H21N5O5. The SMILES string of the molecule is Cc1ccc(COC[C@H]2O[C@@H](n3cnc4c(=O)[nH]c(N)nc43)[C@H](O)[C@@H]2O)cc1. The molecular weight excluding hydrogens is 366 g/mol. The summed E-state index contributed by atoms with van der Waals surface area (Å²) in [6, 6.07) is 7.90. The van der Waals surface area contributed by atoms with E-state index in [9.17, 15) is 15.0 Å². The van der Waals surface area contributed by atoms with E-state index in [1.807, 2.05) is 31.2 Å². The first-order chi connectivity index (χ1) is 13.4. The van der Waals surface area contributed by atoms with Crippen molar-refractivity contribution in [1.82, 2.24) is 19.5 Å². The minimum absolute atomic E-state index is 0.0681. The molecule has 0 unspecified atom stereocenters. The molecule has 0 radical (unpaired) electrons. The first kappa shape index (κ1) is 18.6. The lowest BCUT2D eigenvalue weighted by atomic mass is 10.1. The molecule has 10 heteroatoms. The van der Waals surface area contributed by atoms with Gasteiger partial charge >= 0.3 is 0 Å². The fourth-order valence-corrected chi connectivity index (χ4v) is 3.20. The molecule has 28 heavy (non-hydrogen) atoms. The van der Waals surface area contributed by atoms with Crippen molar-refractivity contribution in [3.63, 3.8) is 0 Å². The lowest BCUT2D eigenvalue weighted by Gasteiger charge is -2.16. The van der Waals surface area contributed by atoms with Crippen LogP contribution >= 0.6 is 0 Å². The van der Waals surface area contributed by atoms with Crippen LogP contribution in [0.1, 0.15) is 17.4 Å². The lowest BCUT2D eigenvalue weighted by molar-refractivity contribution is -0.0682. The predicted octanol–water partition coefficient (Wildman–Crippen LogP) is -0.154. The maximum Gasteiger partial charge on any atom is 0.280 e. The Hall–Kier alpha value is -2.79. The number of fused-ring (bicyclic) bond motifs is 1. The van der Waals surface area contributed by atoms with Gasteiger partial charge < -0.3 is 25.4 Å². The molecule has 0 spiro atoms. The summed E-state index contributed by atoms with van der Waals surface area (Å²) in [5, 5.41) is 20.8. The second-order valence-electron chi connectivity index (χ2n) is 6.82. The van der Waals surface area contributed by atoms with Gasteiger partial charge in [0.15, 0.2) is 17.4 Å². The molecule has 1 aromatic carbocycles. The Morgan fingerprint density at radius 2 is 2.04 bits per heavy atom. The van der Waals surface area contributed by atoms with Crippen molar-refractivity contribution in [2.75, 3.05) is 12.3 Å². The largest absolute Gasteiger partial charge is 0.387 e. The normalized spacial score (nSPS) is 24.8. The molecule has 2 aromatic heterocycles. The number of aliphatic hydroxyl groups excluding tert-OH is 2. The van der Waals surface area contributed by atoms with Crippen LogP contribution in [0, 0.1) is 6.92 Å². The molecule has 4 rings (SSSR count). The monoisotopic (exact) mass is 387 g/mol. The highest BCUT2D eigenvalue weighted by molar-refractivity contribution is 5.70. The molecule has 1 saturated heterocycles. The molecule has 0 amide bonds. The second kappa shape index (κ2) is 7.32. The summed E-state index contributed by atoms with van der Waals surface area (Å²) in [5.41, 5.74) is 7.48. The number of nitrogen functional groups attached to an aromatic ring is 1. The van der Waals surface area contributed by atoms with Gasteiger partial charge in [0.05, 0.1) is 19.5 Å². The molecule has 5 N–H and O–H groups in total. The third-order valence-corrected chi connectivity index (χ3v) is 4.73. The van der Waals surface area contributed by atoms with Crippen LogP contribution in [0.2, 0.25) is 0 Å². The smallest absolute Gasteiger partial charge is 0.280 e. The van der Waals surface area contributed by atoms with E-state index in [2.05, 4.69) is 15.0 Å². The molecule has 0 bridgehead atoms. The van der Waals surface area contributed by atoms with Gasteiger partial charge in [-0.1, -0.05) is 29.8 Å². The number of anilines is 1. The zero-order chi connectivity index (χ0) is 19.8. The number of benzene rings is 1. The van der Waals surface area contributed by atoms with E-state index in [0.29, 0.717) is 6.61 Å². The quantitative estimate of drug-likeness (QED) is 0.472. The fourth-order valence-electron chi connectivity index (χ4n) is 3.20. The molecule has 0 aliphatic carbocycles. The Labute approximate surface area is 159 Å². The third kappa shape index (κ3) is 3.38. The number of aryl methyl sites for hydroxylation is 1. The number of nitrogens with zero attached hydrogens (tertiary/aromatic N) is 3. The second-order valence-corrected chi connectivity index (χ2v) is 6.82. The number of hydrogen-bond acceptors (Lipinski definition) is 8. The summed E-state index contributed by atoms with van der Waals surface area (Å²) in [6.45, 7) is 2.45. The average Bonchev–Trinajstić information content (AvgIpc) is 3.19. The Kier molecular flexibility index (Phi) is 4.85. The minimum Gasteiger partial charge on any atom is -0.387 e. The molecule has 3 aromatic rings. The molecule has 1 aliphatic rings. The van der Waals surface area contributed by atoms with Crippen LogP contribution in [-0.4, -0.2) is 54.7 Å². The number of rotatable bonds is 5. The number of aliphatic hydroxyl groups is 2. The highest BCUT2D eigenvalue weighted by Gasteiger charge is 2.44. The van der Waals surface area contributed by atoms with E-state index in [4.69, 9.17) is 15.2 Å². The zero-order valence-corrected chi connectivity index (χ0v) is 15.1. The van der Waals surface area contributed by atoms with E-state index in [0.717, 1.165) is 11.1 Å². The Balaban J connectivity index is 1.47. The van der Waals surface area contributed by atoms with E-state index < -0.39 is 30.1 Å². The maximum absolute atomic E-state index is 11.9. The van der Waals surface area contributed by atoms with Gasteiger partial charge in [-0.05, 0) is 12.5 Å². The average molecular weight is 387 g/mol. The van der Waals surface area contributed by atoms with Gasteiger partial charge in [-0.3, -0.25) is 14.3 Å². The highest BCUT2D eigenvalue weighted by atomic mass is 16.6. The van der Waals surface area contributed by atoms with Gasteiger partial charge in [0.2, 0.25) is 5.95 Å². The van der Waals surface area contributed by atoms with Crippen molar-refractivity contribution in [3.05, 3.63) is 52.1 Å². The van der Waals surface area contributed by atoms with E-state index >= 15 is 0 Å². The van der Waals surface area contributed by atoms with Crippen molar-refractivity contribution in [2.24, 2.45) is 0 Å². The Bertz CT molecular complexity index is 1030. The molecule has 148 valence electrons. The van der Waals surface area contributed by atoms with Crippen molar-refractivity contribution >= 4 is 17.1 Å². The maximum atomic E-state index is 11.9. The standard InChI is InChI=1S/C18H21N5O5/c1-9-2-4-10(5-3-9)6-27-7-11-13(24)14(25)17(28-11)23-8-20-12-15(23)21-18(19)22-16(12)26/h2-5,8,11,13-14,17,24-25H,6-7H2,1H3,(H3,19,21,22,26)/t11-,13-,14-,17-/m1/s1. The lowest BCUT2D eigenvalue weighted by Crippen LogP contribution is -2.33. The predicted molar refractivity (Wildman–Crippen MR) is 99.3 cm³/mol. The van der Waals surface area contributed by atoms with Crippen LogP contribution in [0.25, 0.3) is 11.2 Å². The van der Waals surface area contributed by atoms with Crippen molar-refractivity contribution in [2.45, 2.75) is 38.1 Å². The molecule has 0 saturated carbocycles. The number of ether oxygens (including phenoxy) is 2. The zero-order valence-electron chi connectivity index (χ0n) is 15.1. The van der Waals surface area contributed by atoms with Gasteiger partial charge in [-0.15, -0.1) is 0 Å². The van der Waals surface area contributed by atoms with Crippen molar-refractivity contribution < 1.29 is 19.7 Å². The van der Waals surface area contributed by atoms with E-state index in [1.165, 1.54) is 10.9 Å². The molecule has 1 fully saturated rings. The molecule has 4 atom stereocenters. The topological polar surface area (TPSA) is 149 Å². The molecule has 1 aliphatic heterocycles. The van der Waals surface area contributed by atoms with Crippen LogP contribution in [0.3, 0.4) is 0 Å². The van der Waals surface area contributed by atoms with Gasteiger partial charge in [0, 0.05) is 0 Å². The molecule has 10 nitrogen and oxygen atoms in total. The minimum atomic E-state index is -1.24. The Morgan fingerprint density at radius 3 is 2.79 bits per heavy atom. The highest BCUT2D eigenvalue weighted by Crippen LogP contribution is 2.31. The number of aromatic amines is 1. The summed E-state index contributed by atoms with van der Waals surface area (Å²) in [4.78, 5) is 22.3. The van der Waals surface area contributed by atoms with Crippen LogP contribution in [0.5, 0.6) is 0 Å². The van der Waals surface area contributed by atoms with Crippen LogP contribution < -0.4 is 11.3 Å². The number of nitrogens with two attached hydrogens (primary N) is 1. The number of imidazole rings is 1. The summed E-state index contributed by atoms with van der Waals surface area (Å²) in [6.07, 6.45) is -2.81. The summed E-state index contributed by atoms with van der Waals surface area (Å²) < 4.78 is 12.8. The van der Waals surface area contributed by atoms with Gasteiger partial charge in [0.25, 0.3) is 5.56 Å². The Morgan fingerprint density at radius 1 is 1.29 bits per heavy atom. The van der Waals surface area contributed by atoms with Crippen LogP contribution in [0.4, 0.5) is 5.95 Å². The van der Waals surface area contributed by atoms with Crippen molar-refractivity contribution in [3.8, 4) is 0 Å². The van der Waals surface area contributed by atoms with Crippen molar-refractivity contribution in [1.29, 1.82) is 0 Å². The first-order valence-electron chi connectivity index (χ1n) is 8.81. The summed E-state index contributed by atoms with van der Waals surface area (Å²) >= 11 is 0. The number of aromatic nitrogens is 4.